The molecular formula is C19H31NO. The van der Waals surface area contributed by atoms with Crippen molar-refractivity contribution in [1.29, 1.82) is 0 Å². The molecule has 0 amide bonds. The molecule has 1 N–H and O–H groups in total. The summed E-state index contributed by atoms with van der Waals surface area (Å²) in [6.07, 6.45) is 7.74. The predicted molar refractivity (Wildman–Crippen MR) is 89.6 cm³/mol. The van der Waals surface area contributed by atoms with E-state index in [1.165, 1.54) is 36.8 Å². The summed E-state index contributed by atoms with van der Waals surface area (Å²) in [5.74, 6) is 0.722. The van der Waals surface area contributed by atoms with Crippen LogP contribution in [0, 0.1) is 5.92 Å². The highest BCUT2D eigenvalue weighted by Crippen LogP contribution is 2.32. The third-order valence-electron chi connectivity index (χ3n) is 4.86. The van der Waals surface area contributed by atoms with Crippen molar-refractivity contribution in [3.8, 4) is 0 Å². The van der Waals surface area contributed by atoms with Gasteiger partial charge in [0.05, 0.1) is 12.1 Å². The Hall–Kier alpha value is -0.860. The van der Waals surface area contributed by atoms with Crippen LogP contribution in [0.1, 0.15) is 63.1 Å². The molecule has 0 aromatic heterocycles. The van der Waals surface area contributed by atoms with E-state index in [0.717, 1.165) is 25.4 Å². The van der Waals surface area contributed by atoms with Gasteiger partial charge in [0.25, 0.3) is 0 Å². The molecule has 21 heavy (non-hydrogen) atoms. The van der Waals surface area contributed by atoms with Crippen LogP contribution in [0.15, 0.2) is 24.3 Å². The minimum atomic E-state index is 0.320. The monoisotopic (exact) mass is 289 g/mol. The van der Waals surface area contributed by atoms with Gasteiger partial charge in [0, 0.05) is 6.61 Å². The van der Waals surface area contributed by atoms with Crippen LogP contribution in [0.2, 0.25) is 0 Å². The Labute approximate surface area is 130 Å². The van der Waals surface area contributed by atoms with E-state index in [2.05, 4.69) is 50.5 Å². The first-order valence-electron chi connectivity index (χ1n) is 8.66. The van der Waals surface area contributed by atoms with Crippen molar-refractivity contribution in [1.82, 2.24) is 5.32 Å². The van der Waals surface area contributed by atoms with Crippen LogP contribution in [0.4, 0.5) is 0 Å². The zero-order chi connectivity index (χ0) is 15.1. The fraction of sp³-hybridized carbons (Fsp3) is 0.684. The van der Waals surface area contributed by atoms with E-state index in [9.17, 15) is 0 Å². The molecule has 1 aromatic carbocycles. The summed E-state index contributed by atoms with van der Waals surface area (Å²) in [5, 5.41) is 3.47. The van der Waals surface area contributed by atoms with Crippen molar-refractivity contribution in [2.75, 3.05) is 13.7 Å². The van der Waals surface area contributed by atoms with Gasteiger partial charge in [-0.15, -0.1) is 0 Å². The molecule has 0 heterocycles. The van der Waals surface area contributed by atoms with Crippen LogP contribution in [0.5, 0.6) is 0 Å². The van der Waals surface area contributed by atoms with Gasteiger partial charge in [0.2, 0.25) is 0 Å². The zero-order valence-corrected chi connectivity index (χ0v) is 13.9. The zero-order valence-electron chi connectivity index (χ0n) is 13.9. The average Bonchev–Trinajstić information content (AvgIpc) is 2.54. The highest BCUT2D eigenvalue weighted by atomic mass is 16.5. The van der Waals surface area contributed by atoms with Gasteiger partial charge in [-0.25, -0.2) is 0 Å². The number of benzene rings is 1. The van der Waals surface area contributed by atoms with Crippen molar-refractivity contribution >= 4 is 0 Å². The SMILES string of the molecule is CCCCC(CC)COC1CCc2ccccc2C1NC. The fourth-order valence-electron chi connectivity index (χ4n) is 3.41. The molecule has 3 unspecified atom stereocenters. The number of unbranched alkanes of at least 4 members (excludes halogenated alkanes) is 1. The Kier molecular flexibility index (Phi) is 6.72. The van der Waals surface area contributed by atoms with Gasteiger partial charge in [-0.3, -0.25) is 0 Å². The number of hydrogen-bond acceptors (Lipinski definition) is 2. The number of likely N-dealkylation sites (N-methyl/N-ethyl adjacent to an activating group) is 1. The van der Waals surface area contributed by atoms with E-state index >= 15 is 0 Å². The largest absolute Gasteiger partial charge is 0.376 e. The first-order valence-corrected chi connectivity index (χ1v) is 8.66. The second-order valence-electron chi connectivity index (χ2n) is 6.29. The van der Waals surface area contributed by atoms with E-state index < -0.39 is 0 Å². The number of hydrogen-bond donors (Lipinski definition) is 1. The van der Waals surface area contributed by atoms with Gasteiger partial charge in [-0.05, 0) is 43.4 Å². The maximum Gasteiger partial charge on any atom is 0.0773 e. The molecular weight excluding hydrogens is 258 g/mol. The molecule has 0 bridgehead atoms. The van der Waals surface area contributed by atoms with Crippen LogP contribution in [0.25, 0.3) is 0 Å². The van der Waals surface area contributed by atoms with E-state index in [-0.39, 0.29) is 0 Å². The lowest BCUT2D eigenvalue weighted by atomic mass is 9.85. The van der Waals surface area contributed by atoms with E-state index in [1.54, 1.807) is 0 Å². The van der Waals surface area contributed by atoms with Crippen LogP contribution in [-0.4, -0.2) is 19.8 Å². The lowest BCUT2D eigenvalue weighted by Gasteiger charge is -2.34. The summed E-state index contributed by atoms with van der Waals surface area (Å²) in [6, 6.07) is 9.14. The van der Waals surface area contributed by atoms with Gasteiger partial charge >= 0.3 is 0 Å². The van der Waals surface area contributed by atoms with Crippen molar-refractivity contribution < 1.29 is 4.74 Å². The quantitative estimate of drug-likeness (QED) is 0.761. The molecule has 2 heteroatoms. The smallest absolute Gasteiger partial charge is 0.0773 e. The van der Waals surface area contributed by atoms with Gasteiger partial charge in [0.15, 0.2) is 0 Å². The molecule has 3 atom stereocenters. The van der Waals surface area contributed by atoms with E-state index in [0.29, 0.717) is 12.1 Å². The number of ether oxygens (including phenoxy) is 1. The molecule has 2 nitrogen and oxygen atoms in total. The molecule has 1 aromatic rings. The van der Waals surface area contributed by atoms with E-state index in [4.69, 9.17) is 4.74 Å². The van der Waals surface area contributed by atoms with Crippen LogP contribution in [0.3, 0.4) is 0 Å². The third kappa shape index (κ3) is 4.31. The number of rotatable bonds is 8. The van der Waals surface area contributed by atoms with Crippen molar-refractivity contribution in [2.24, 2.45) is 5.92 Å². The lowest BCUT2D eigenvalue weighted by Crippen LogP contribution is -2.36. The first-order chi connectivity index (χ1) is 10.3. The maximum absolute atomic E-state index is 6.33. The lowest BCUT2D eigenvalue weighted by molar-refractivity contribution is -0.00439. The molecule has 0 spiro atoms. The van der Waals surface area contributed by atoms with Crippen molar-refractivity contribution in [3.63, 3.8) is 0 Å². The Morgan fingerprint density at radius 3 is 2.81 bits per heavy atom. The standard InChI is InChI=1S/C19H31NO/c1-4-6-9-15(5-2)14-21-18-13-12-16-10-7-8-11-17(16)19(18)20-3/h7-8,10-11,15,18-20H,4-6,9,12-14H2,1-3H3. The summed E-state index contributed by atoms with van der Waals surface area (Å²) >= 11 is 0. The minimum absolute atomic E-state index is 0.320. The molecule has 0 radical (unpaired) electrons. The second kappa shape index (κ2) is 8.55. The maximum atomic E-state index is 6.33. The summed E-state index contributed by atoms with van der Waals surface area (Å²) in [7, 11) is 2.05. The van der Waals surface area contributed by atoms with Gasteiger partial charge in [0.1, 0.15) is 0 Å². The van der Waals surface area contributed by atoms with Crippen LogP contribution < -0.4 is 5.32 Å². The second-order valence-corrected chi connectivity index (χ2v) is 6.29. The molecule has 0 saturated carbocycles. The number of nitrogens with one attached hydrogen (secondary N) is 1. The Balaban J connectivity index is 1.94. The predicted octanol–water partition coefficient (Wildman–Crippen LogP) is 4.49. The minimum Gasteiger partial charge on any atom is -0.376 e. The van der Waals surface area contributed by atoms with Gasteiger partial charge in [-0.1, -0.05) is 57.4 Å². The highest BCUT2D eigenvalue weighted by molar-refractivity contribution is 5.33. The number of fused-ring (bicyclic) bond motifs is 1. The highest BCUT2D eigenvalue weighted by Gasteiger charge is 2.29. The molecule has 2 rings (SSSR count). The molecule has 0 saturated heterocycles. The summed E-state index contributed by atoms with van der Waals surface area (Å²) in [6.45, 7) is 5.47. The Morgan fingerprint density at radius 2 is 2.10 bits per heavy atom. The average molecular weight is 289 g/mol. The molecule has 118 valence electrons. The summed E-state index contributed by atoms with van der Waals surface area (Å²) in [4.78, 5) is 0. The molecule has 0 fully saturated rings. The molecule has 0 aliphatic heterocycles. The van der Waals surface area contributed by atoms with Gasteiger partial charge < -0.3 is 10.1 Å². The van der Waals surface area contributed by atoms with Crippen molar-refractivity contribution in [3.05, 3.63) is 35.4 Å². The number of aryl methyl sites for hydroxylation is 1. The van der Waals surface area contributed by atoms with E-state index in [1.807, 2.05) is 0 Å². The Morgan fingerprint density at radius 1 is 1.29 bits per heavy atom. The van der Waals surface area contributed by atoms with Crippen molar-refractivity contribution in [2.45, 2.75) is 64.5 Å². The first kappa shape index (κ1) is 16.5. The third-order valence-corrected chi connectivity index (χ3v) is 4.86. The fourth-order valence-corrected chi connectivity index (χ4v) is 3.41. The Bertz CT molecular complexity index is 418. The summed E-state index contributed by atoms with van der Waals surface area (Å²) in [5.41, 5.74) is 2.91. The van der Waals surface area contributed by atoms with Crippen LogP contribution in [-0.2, 0) is 11.2 Å². The van der Waals surface area contributed by atoms with Crippen LogP contribution >= 0.6 is 0 Å². The molecule has 1 aliphatic rings. The normalized spacial score (nSPS) is 22.8. The van der Waals surface area contributed by atoms with Gasteiger partial charge in [-0.2, -0.15) is 0 Å². The molecule has 1 aliphatic carbocycles. The topological polar surface area (TPSA) is 21.3 Å². The summed E-state index contributed by atoms with van der Waals surface area (Å²) < 4.78 is 6.33.